The molecule has 10 heavy (non-hydrogen) atoms. The molecule has 1 aliphatic heterocycles. The van der Waals surface area contributed by atoms with Crippen LogP contribution in [0.3, 0.4) is 0 Å². The summed E-state index contributed by atoms with van der Waals surface area (Å²) < 4.78 is 0. The van der Waals surface area contributed by atoms with Gasteiger partial charge in [0.05, 0.1) is 6.04 Å². The van der Waals surface area contributed by atoms with Crippen molar-refractivity contribution >= 4 is 5.97 Å². The van der Waals surface area contributed by atoms with Crippen molar-refractivity contribution in [1.82, 2.24) is 5.32 Å². The van der Waals surface area contributed by atoms with Crippen molar-refractivity contribution in [2.45, 2.75) is 18.5 Å². The van der Waals surface area contributed by atoms with Crippen molar-refractivity contribution in [2.24, 2.45) is 5.92 Å². The van der Waals surface area contributed by atoms with E-state index < -0.39 is 5.97 Å². The van der Waals surface area contributed by atoms with Crippen molar-refractivity contribution in [3.05, 3.63) is 0 Å². The molecule has 0 unspecified atom stereocenters. The van der Waals surface area contributed by atoms with E-state index in [1.807, 2.05) is 0 Å². The van der Waals surface area contributed by atoms with Gasteiger partial charge in [-0.25, -0.2) is 0 Å². The fourth-order valence-electron chi connectivity index (χ4n) is 1.35. The van der Waals surface area contributed by atoms with Crippen LogP contribution >= 0.6 is 0 Å². The highest BCUT2D eigenvalue weighted by molar-refractivity contribution is 5.74. The van der Waals surface area contributed by atoms with E-state index in [0.717, 1.165) is 0 Å². The maximum absolute atomic E-state index is 10.4. The maximum Gasteiger partial charge on any atom is 0.320 e. The van der Waals surface area contributed by atoms with E-state index in [1.54, 1.807) is 0 Å². The van der Waals surface area contributed by atoms with Crippen LogP contribution in [0.15, 0.2) is 0 Å². The zero-order chi connectivity index (χ0) is 7.14. The highest BCUT2D eigenvalue weighted by atomic mass is 16.4. The van der Waals surface area contributed by atoms with E-state index in [1.165, 1.54) is 0 Å². The van der Waals surface area contributed by atoms with Gasteiger partial charge < -0.3 is 5.11 Å². The van der Waals surface area contributed by atoms with Crippen LogP contribution < -0.4 is 5.32 Å². The third-order valence-electron chi connectivity index (χ3n) is 2.00. The van der Waals surface area contributed by atoms with E-state index in [2.05, 4.69) is 17.2 Å². The molecule has 0 aromatic heterocycles. The minimum Gasteiger partial charge on any atom is -0.480 e. The van der Waals surface area contributed by atoms with Crippen molar-refractivity contribution in [3.63, 3.8) is 0 Å². The number of carbonyl (C=O) groups is 1. The molecule has 0 aromatic rings. The third-order valence-corrected chi connectivity index (χ3v) is 2.00. The lowest BCUT2D eigenvalue weighted by Gasteiger charge is -2.13. The molecule has 2 aliphatic rings. The second-order valence-corrected chi connectivity index (χ2v) is 2.67. The van der Waals surface area contributed by atoms with Crippen LogP contribution in [0.25, 0.3) is 0 Å². The summed E-state index contributed by atoms with van der Waals surface area (Å²) >= 11 is 0. The maximum atomic E-state index is 10.4. The molecular formula is C7H7NO2. The minimum absolute atomic E-state index is 0.168. The van der Waals surface area contributed by atoms with Gasteiger partial charge in [-0.05, 0) is 6.42 Å². The number of hydrogen-bond donors (Lipinski definition) is 2. The van der Waals surface area contributed by atoms with Gasteiger partial charge in [0.1, 0.15) is 6.04 Å². The lowest BCUT2D eigenvalue weighted by atomic mass is 9.93. The van der Waals surface area contributed by atoms with Gasteiger partial charge in [-0.2, -0.15) is 0 Å². The molecule has 1 fully saturated rings. The Morgan fingerprint density at radius 3 is 2.70 bits per heavy atom. The average Bonchev–Trinajstić information content (AvgIpc) is 2.09. The summed E-state index contributed by atoms with van der Waals surface area (Å²) in [6, 6.07) is -0.210. The Labute approximate surface area is 58.4 Å². The summed E-state index contributed by atoms with van der Waals surface area (Å²) in [5.41, 5.74) is 0. The Bertz CT molecular complexity index is 222. The van der Waals surface area contributed by atoms with Crippen molar-refractivity contribution in [3.8, 4) is 11.8 Å². The summed E-state index contributed by atoms with van der Waals surface area (Å²) in [5.74, 6) is 5.33. The summed E-state index contributed by atoms with van der Waals surface area (Å²) in [6.45, 7) is 0. The first-order valence-corrected chi connectivity index (χ1v) is 3.27. The molecule has 2 rings (SSSR count). The summed E-state index contributed by atoms with van der Waals surface area (Å²) in [6.07, 6.45) is 0.674. The monoisotopic (exact) mass is 137 g/mol. The van der Waals surface area contributed by atoms with Crippen molar-refractivity contribution in [1.29, 1.82) is 0 Å². The standard InChI is InChI=1S/C7H7NO2/c9-7(10)6-3-4-1-2-5(4)8-6/h4-6,8H,3H2,(H,9,10)/t4-,5-,6+/m1/s1. The van der Waals surface area contributed by atoms with Gasteiger partial charge in [-0.1, -0.05) is 11.8 Å². The molecule has 0 amide bonds. The molecule has 0 spiro atoms. The van der Waals surface area contributed by atoms with Crippen molar-refractivity contribution in [2.75, 3.05) is 0 Å². The zero-order valence-electron chi connectivity index (χ0n) is 5.29. The van der Waals surface area contributed by atoms with E-state index in [9.17, 15) is 4.79 Å². The molecule has 3 heteroatoms. The highest BCUT2D eigenvalue weighted by Gasteiger charge is 2.38. The number of hydrogen-bond acceptors (Lipinski definition) is 2. The molecule has 0 radical (unpaired) electrons. The van der Waals surface area contributed by atoms with E-state index in [0.29, 0.717) is 12.3 Å². The molecular weight excluding hydrogens is 130 g/mol. The fourth-order valence-corrected chi connectivity index (χ4v) is 1.35. The first kappa shape index (κ1) is 5.75. The number of aliphatic carboxylic acids is 1. The predicted molar refractivity (Wildman–Crippen MR) is 34.2 cm³/mol. The molecule has 1 saturated heterocycles. The lowest BCUT2D eigenvalue weighted by molar-refractivity contribution is -0.139. The minimum atomic E-state index is -0.766. The van der Waals surface area contributed by atoms with E-state index >= 15 is 0 Å². The topological polar surface area (TPSA) is 49.3 Å². The van der Waals surface area contributed by atoms with Gasteiger partial charge in [-0.3, -0.25) is 10.1 Å². The summed E-state index contributed by atoms with van der Waals surface area (Å²) in [7, 11) is 0. The Morgan fingerprint density at radius 2 is 2.40 bits per heavy atom. The Balaban J connectivity index is 2.04. The Morgan fingerprint density at radius 1 is 1.60 bits per heavy atom. The quantitative estimate of drug-likeness (QED) is 0.476. The second-order valence-electron chi connectivity index (χ2n) is 2.67. The number of nitrogens with one attached hydrogen (secondary N) is 1. The number of carboxylic acids is 1. The first-order chi connectivity index (χ1) is 4.77. The smallest absolute Gasteiger partial charge is 0.320 e. The van der Waals surface area contributed by atoms with Crippen LogP contribution in [-0.4, -0.2) is 23.2 Å². The van der Waals surface area contributed by atoms with Gasteiger partial charge in [0.2, 0.25) is 0 Å². The molecule has 1 heterocycles. The fraction of sp³-hybridized carbons (Fsp3) is 0.571. The number of rotatable bonds is 1. The van der Waals surface area contributed by atoms with Crippen LogP contribution in [-0.2, 0) is 4.79 Å². The van der Waals surface area contributed by atoms with Crippen LogP contribution in [0.4, 0.5) is 0 Å². The normalized spacial score (nSPS) is 41.0. The van der Waals surface area contributed by atoms with Crippen molar-refractivity contribution < 1.29 is 9.90 Å². The molecule has 52 valence electrons. The van der Waals surface area contributed by atoms with Crippen LogP contribution in [0.2, 0.25) is 0 Å². The Hall–Kier alpha value is -1.01. The highest BCUT2D eigenvalue weighted by Crippen LogP contribution is 2.24. The van der Waals surface area contributed by atoms with Gasteiger partial charge in [-0.15, -0.1) is 0 Å². The van der Waals surface area contributed by atoms with E-state index in [4.69, 9.17) is 5.11 Å². The summed E-state index contributed by atoms with van der Waals surface area (Å²) in [5, 5.41) is 11.5. The predicted octanol–water partition coefficient (Wildman–Crippen LogP) is -0.565. The van der Waals surface area contributed by atoms with Gasteiger partial charge in [0.15, 0.2) is 0 Å². The molecule has 0 aromatic carbocycles. The number of fused-ring (bicyclic) bond motifs is 1. The zero-order valence-corrected chi connectivity index (χ0v) is 5.29. The third kappa shape index (κ3) is 0.628. The van der Waals surface area contributed by atoms with E-state index in [-0.39, 0.29) is 12.1 Å². The molecule has 0 saturated carbocycles. The average molecular weight is 137 g/mol. The molecule has 3 atom stereocenters. The van der Waals surface area contributed by atoms with Gasteiger partial charge in [0, 0.05) is 5.92 Å². The molecule has 3 nitrogen and oxygen atoms in total. The molecule has 0 bridgehead atoms. The first-order valence-electron chi connectivity index (χ1n) is 3.27. The molecule has 2 N–H and O–H groups in total. The lowest BCUT2D eigenvalue weighted by Crippen LogP contribution is -2.36. The van der Waals surface area contributed by atoms with Crippen LogP contribution in [0.5, 0.6) is 0 Å². The second kappa shape index (κ2) is 1.74. The SMILES string of the molecule is O=C(O)[C@@H]1C[C@H]2C#C[C@H]2N1. The number of carboxylic acid groups (broad SMARTS) is 1. The van der Waals surface area contributed by atoms with Gasteiger partial charge >= 0.3 is 5.97 Å². The van der Waals surface area contributed by atoms with Gasteiger partial charge in [0.25, 0.3) is 0 Å². The largest absolute Gasteiger partial charge is 0.480 e. The summed E-state index contributed by atoms with van der Waals surface area (Å²) in [4.78, 5) is 10.4. The van der Waals surface area contributed by atoms with Crippen LogP contribution in [0.1, 0.15) is 6.42 Å². The Kier molecular flexibility index (Phi) is 0.999. The molecule has 1 aliphatic carbocycles. The van der Waals surface area contributed by atoms with Crippen LogP contribution in [0, 0.1) is 17.8 Å².